The fourth-order valence-electron chi connectivity index (χ4n) is 2.02. The zero-order valence-electron chi connectivity index (χ0n) is 8.14. The van der Waals surface area contributed by atoms with Crippen LogP contribution in [0.4, 0.5) is 0 Å². The third-order valence-electron chi connectivity index (χ3n) is 2.78. The second kappa shape index (κ2) is 3.09. The van der Waals surface area contributed by atoms with Crippen LogP contribution in [0.2, 0.25) is 0 Å². The van der Waals surface area contributed by atoms with Crippen molar-refractivity contribution in [1.29, 1.82) is 0 Å². The minimum Gasteiger partial charge on any atom is -0.489 e. The second-order valence-corrected chi connectivity index (χ2v) is 3.82. The number of fused-ring (bicyclic) bond motifs is 2. The molecule has 74 valence electrons. The van der Waals surface area contributed by atoms with Crippen molar-refractivity contribution in [2.75, 3.05) is 0 Å². The first kappa shape index (κ1) is 8.48. The monoisotopic (exact) mass is 198 g/mol. The van der Waals surface area contributed by atoms with Gasteiger partial charge in [-0.2, -0.15) is 0 Å². The largest absolute Gasteiger partial charge is 0.489 e. The molecule has 1 unspecified atom stereocenters. The van der Waals surface area contributed by atoms with E-state index in [1.165, 1.54) is 0 Å². The lowest BCUT2D eigenvalue weighted by molar-refractivity contribution is -0.114. The van der Waals surface area contributed by atoms with Gasteiger partial charge in [-0.1, -0.05) is 12.2 Å². The summed E-state index contributed by atoms with van der Waals surface area (Å²) in [5.74, 6) is 0.164. The van der Waals surface area contributed by atoms with Crippen LogP contribution in [0.15, 0.2) is 59.4 Å². The quantitative estimate of drug-likeness (QED) is 0.596. The molecule has 0 bridgehead atoms. The van der Waals surface area contributed by atoms with Crippen LogP contribution in [0.5, 0.6) is 0 Å². The van der Waals surface area contributed by atoms with Gasteiger partial charge in [-0.3, -0.25) is 4.79 Å². The summed E-state index contributed by atoms with van der Waals surface area (Å²) in [5.41, 5.74) is 3.37. The highest BCUT2D eigenvalue weighted by Crippen LogP contribution is 2.31. The van der Waals surface area contributed by atoms with Gasteiger partial charge in [0.2, 0.25) is 0 Å². The van der Waals surface area contributed by atoms with Crippen molar-refractivity contribution >= 4 is 5.78 Å². The Morgan fingerprint density at radius 3 is 3.20 bits per heavy atom. The molecule has 0 N–H and O–H groups in total. The highest BCUT2D eigenvalue weighted by atomic mass is 16.5. The van der Waals surface area contributed by atoms with Gasteiger partial charge in [0.1, 0.15) is 6.10 Å². The van der Waals surface area contributed by atoms with Gasteiger partial charge in [-0.15, -0.1) is 0 Å². The smallest absolute Gasteiger partial charge is 0.160 e. The van der Waals surface area contributed by atoms with E-state index in [-0.39, 0.29) is 11.9 Å². The van der Waals surface area contributed by atoms with E-state index in [2.05, 4.69) is 6.08 Å². The van der Waals surface area contributed by atoms with Crippen molar-refractivity contribution in [3.63, 3.8) is 0 Å². The Bertz CT molecular complexity index is 473. The van der Waals surface area contributed by atoms with Crippen molar-refractivity contribution < 1.29 is 9.53 Å². The number of hydrogen-bond acceptors (Lipinski definition) is 2. The second-order valence-electron chi connectivity index (χ2n) is 3.82. The molecule has 3 aliphatic rings. The first-order valence-corrected chi connectivity index (χ1v) is 4.99. The molecule has 0 aromatic heterocycles. The van der Waals surface area contributed by atoms with Gasteiger partial charge in [-0.05, 0) is 41.0 Å². The fourth-order valence-corrected chi connectivity index (χ4v) is 2.02. The molecule has 0 spiro atoms. The van der Waals surface area contributed by atoms with E-state index < -0.39 is 0 Å². The molecule has 3 rings (SSSR count). The number of ketones is 1. The summed E-state index contributed by atoms with van der Waals surface area (Å²) in [5, 5.41) is 0. The Morgan fingerprint density at radius 2 is 2.27 bits per heavy atom. The van der Waals surface area contributed by atoms with Gasteiger partial charge in [0.25, 0.3) is 0 Å². The molecule has 0 saturated carbocycles. The van der Waals surface area contributed by atoms with Crippen LogP contribution in [0, 0.1) is 0 Å². The van der Waals surface area contributed by atoms with E-state index in [4.69, 9.17) is 4.74 Å². The van der Waals surface area contributed by atoms with Crippen molar-refractivity contribution in [2.24, 2.45) is 0 Å². The van der Waals surface area contributed by atoms with Crippen LogP contribution in [-0.2, 0) is 9.53 Å². The molecule has 1 heterocycles. The lowest BCUT2D eigenvalue weighted by atomic mass is 9.86. The number of carbonyl (C=O) groups is 1. The molecule has 1 atom stereocenters. The maximum Gasteiger partial charge on any atom is 0.160 e. The highest BCUT2D eigenvalue weighted by molar-refractivity contribution is 5.95. The number of allylic oxidation sites excluding steroid dienone is 6. The van der Waals surface area contributed by atoms with Gasteiger partial charge in [0.05, 0.1) is 6.26 Å². The molecule has 2 aliphatic carbocycles. The number of ether oxygens (including phenoxy) is 1. The third-order valence-corrected chi connectivity index (χ3v) is 2.78. The molecule has 0 aromatic rings. The first-order valence-electron chi connectivity index (χ1n) is 4.99. The molecular formula is C13H10O2. The van der Waals surface area contributed by atoms with E-state index in [0.717, 1.165) is 16.7 Å². The molecule has 0 fully saturated rings. The van der Waals surface area contributed by atoms with Gasteiger partial charge in [-0.25, -0.2) is 0 Å². The van der Waals surface area contributed by atoms with Crippen molar-refractivity contribution in [1.82, 2.24) is 0 Å². The van der Waals surface area contributed by atoms with Crippen molar-refractivity contribution in [3.8, 4) is 0 Å². The van der Waals surface area contributed by atoms with Crippen molar-refractivity contribution in [3.05, 3.63) is 59.4 Å². The average Bonchev–Trinajstić information content (AvgIpc) is 2.26. The van der Waals surface area contributed by atoms with Gasteiger partial charge >= 0.3 is 0 Å². The SMILES string of the molecule is O=C1C=CC2=CC3=CC=COC3C=C2C1. The highest BCUT2D eigenvalue weighted by Gasteiger charge is 2.23. The predicted octanol–water partition coefficient (Wildman–Crippen LogP) is 2.22. The van der Waals surface area contributed by atoms with Crippen LogP contribution < -0.4 is 0 Å². The van der Waals surface area contributed by atoms with Gasteiger partial charge in [0.15, 0.2) is 5.78 Å². The van der Waals surface area contributed by atoms with E-state index >= 15 is 0 Å². The maximum atomic E-state index is 11.3. The number of carbonyl (C=O) groups excluding carboxylic acids is 1. The zero-order chi connectivity index (χ0) is 10.3. The normalized spacial score (nSPS) is 27.1. The number of hydrogen-bond donors (Lipinski definition) is 0. The van der Waals surface area contributed by atoms with E-state index in [1.54, 1.807) is 12.3 Å². The molecule has 0 amide bonds. The van der Waals surface area contributed by atoms with E-state index in [1.807, 2.05) is 24.3 Å². The summed E-state index contributed by atoms with van der Waals surface area (Å²) in [7, 11) is 0. The Labute approximate surface area is 87.9 Å². The fraction of sp³-hybridized carbons (Fsp3) is 0.154. The summed E-state index contributed by atoms with van der Waals surface area (Å²) in [6, 6.07) is 0. The summed E-state index contributed by atoms with van der Waals surface area (Å²) in [6.45, 7) is 0. The van der Waals surface area contributed by atoms with Crippen LogP contribution in [0.3, 0.4) is 0 Å². The molecule has 2 nitrogen and oxygen atoms in total. The summed E-state index contributed by atoms with van der Waals surface area (Å²) < 4.78 is 5.46. The summed E-state index contributed by atoms with van der Waals surface area (Å²) >= 11 is 0. The van der Waals surface area contributed by atoms with Gasteiger partial charge in [0, 0.05) is 6.42 Å². The van der Waals surface area contributed by atoms with Crippen molar-refractivity contribution in [2.45, 2.75) is 12.5 Å². The minimum absolute atomic E-state index is 0.00644. The van der Waals surface area contributed by atoms with E-state index in [0.29, 0.717) is 6.42 Å². The lowest BCUT2D eigenvalue weighted by Gasteiger charge is -2.25. The molecule has 0 saturated heterocycles. The average molecular weight is 198 g/mol. The molecule has 15 heavy (non-hydrogen) atoms. The van der Waals surface area contributed by atoms with Crippen LogP contribution in [0.25, 0.3) is 0 Å². The molecule has 0 aromatic carbocycles. The summed E-state index contributed by atoms with van der Waals surface area (Å²) in [4.78, 5) is 11.3. The lowest BCUT2D eigenvalue weighted by Crippen LogP contribution is -2.18. The molecule has 1 aliphatic heterocycles. The minimum atomic E-state index is -0.00644. The van der Waals surface area contributed by atoms with E-state index in [9.17, 15) is 4.79 Å². The van der Waals surface area contributed by atoms with Gasteiger partial charge < -0.3 is 4.74 Å². The predicted molar refractivity (Wildman–Crippen MR) is 57.0 cm³/mol. The van der Waals surface area contributed by atoms with Crippen LogP contribution in [-0.4, -0.2) is 11.9 Å². The standard InChI is InChI=1S/C13H10O2/c14-12-4-3-9-6-10-2-1-5-15-13(10)8-11(9)7-12/h1-6,8,13H,7H2. The van der Waals surface area contributed by atoms with Crippen LogP contribution in [0.1, 0.15) is 6.42 Å². The zero-order valence-corrected chi connectivity index (χ0v) is 8.14. The Balaban J connectivity index is 2.06. The molecule has 2 heteroatoms. The molecule has 0 radical (unpaired) electrons. The maximum absolute atomic E-state index is 11.3. The molecular weight excluding hydrogens is 188 g/mol. The summed E-state index contributed by atoms with van der Waals surface area (Å²) in [6.07, 6.45) is 13.8. The number of rotatable bonds is 0. The van der Waals surface area contributed by atoms with Crippen LogP contribution >= 0.6 is 0 Å². The first-order chi connectivity index (χ1) is 7.33. The topological polar surface area (TPSA) is 26.3 Å². The third kappa shape index (κ3) is 1.38. The Morgan fingerprint density at radius 1 is 1.33 bits per heavy atom. The Hall–Kier alpha value is -1.83. The Kier molecular flexibility index (Phi) is 1.75.